The van der Waals surface area contributed by atoms with Gasteiger partial charge in [-0.1, -0.05) is 30.3 Å². The molecule has 2 aromatic rings. The highest BCUT2D eigenvalue weighted by Gasteiger charge is 2.22. The Balaban J connectivity index is 1.69. The van der Waals surface area contributed by atoms with Crippen molar-refractivity contribution in [1.29, 1.82) is 0 Å². The van der Waals surface area contributed by atoms with Gasteiger partial charge in [0.05, 0.1) is 0 Å². The van der Waals surface area contributed by atoms with Gasteiger partial charge in [-0.05, 0) is 34.8 Å². The summed E-state index contributed by atoms with van der Waals surface area (Å²) < 4.78 is 0.843. The van der Waals surface area contributed by atoms with E-state index in [1.165, 1.54) is 5.56 Å². The van der Waals surface area contributed by atoms with Crippen molar-refractivity contribution in [3.8, 4) is 0 Å². The van der Waals surface area contributed by atoms with Crippen LogP contribution in [0, 0.1) is 0 Å². The number of rotatable bonds is 3. The van der Waals surface area contributed by atoms with Crippen LogP contribution in [0.15, 0.2) is 47.3 Å². The summed E-state index contributed by atoms with van der Waals surface area (Å²) in [5.74, 6) is 1.01. The SMILES string of the molecule is CC1CN(Cc2ccccc2)CCCN1c1cc(Br)ncn1. The topological polar surface area (TPSA) is 32.3 Å². The molecular formula is C17H21BrN4. The first-order valence-corrected chi connectivity index (χ1v) is 8.52. The van der Waals surface area contributed by atoms with Gasteiger partial charge in [0.1, 0.15) is 16.7 Å². The lowest BCUT2D eigenvalue weighted by atomic mass is 10.2. The highest BCUT2D eigenvalue weighted by molar-refractivity contribution is 9.10. The van der Waals surface area contributed by atoms with Crippen molar-refractivity contribution in [1.82, 2.24) is 14.9 Å². The molecule has 1 fully saturated rings. The van der Waals surface area contributed by atoms with Crippen molar-refractivity contribution in [3.63, 3.8) is 0 Å². The molecule has 0 amide bonds. The second kappa shape index (κ2) is 7.20. The highest BCUT2D eigenvalue weighted by atomic mass is 79.9. The maximum atomic E-state index is 4.43. The Labute approximate surface area is 140 Å². The van der Waals surface area contributed by atoms with Gasteiger partial charge < -0.3 is 4.90 Å². The first kappa shape index (κ1) is 15.4. The van der Waals surface area contributed by atoms with Crippen LogP contribution < -0.4 is 4.90 Å². The molecule has 0 radical (unpaired) electrons. The van der Waals surface area contributed by atoms with Gasteiger partial charge in [0.15, 0.2) is 0 Å². The van der Waals surface area contributed by atoms with E-state index in [1.54, 1.807) is 6.33 Å². The predicted octanol–water partition coefficient (Wildman–Crippen LogP) is 3.34. The highest BCUT2D eigenvalue weighted by Crippen LogP contribution is 2.21. The molecule has 22 heavy (non-hydrogen) atoms. The average Bonchev–Trinajstić information content (AvgIpc) is 2.69. The van der Waals surface area contributed by atoms with Crippen LogP contribution in [0.25, 0.3) is 0 Å². The minimum atomic E-state index is 0.438. The van der Waals surface area contributed by atoms with Gasteiger partial charge >= 0.3 is 0 Å². The molecule has 1 aliphatic heterocycles. The van der Waals surface area contributed by atoms with Crippen LogP contribution in [-0.2, 0) is 6.54 Å². The molecule has 0 spiro atoms. The van der Waals surface area contributed by atoms with E-state index in [9.17, 15) is 0 Å². The molecule has 2 heterocycles. The van der Waals surface area contributed by atoms with Crippen molar-refractivity contribution < 1.29 is 0 Å². The summed E-state index contributed by atoms with van der Waals surface area (Å²) >= 11 is 3.44. The van der Waals surface area contributed by atoms with Crippen molar-refractivity contribution in [2.45, 2.75) is 25.9 Å². The lowest BCUT2D eigenvalue weighted by Gasteiger charge is -2.30. The first-order valence-electron chi connectivity index (χ1n) is 7.73. The van der Waals surface area contributed by atoms with E-state index < -0.39 is 0 Å². The Bertz CT molecular complexity index is 605. The van der Waals surface area contributed by atoms with E-state index >= 15 is 0 Å². The zero-order chi connectivity index (χ0) is 15.4. The Hall–Kier alpha value is -1.46. The van der Waals surface area contributed by atoms with Gasteiger partial charge in [-0.25, -0.2) is 9.97 Å². The third-order valence-corrected chi connectivity index (χ3v) is 4.52. The van der Waals surface area contributed by atoms with Crippen LogP contribution >= 0.6 is 15.9 Å². The van der Waals surface area contributed by atoms with Gasteiger partial charge in [-0.15, -0.1) is 0 Å². The summed E-state index contributed by atoms with van der Waals surface area (Å²) in [5, 5.41) is 0. The maximum Gasteiger partial charge on any atom is 0.133 e. The zero-order valence-electron chi connectivity index (χ0n) is 12.8. The Morgan fingerprint density at radius 3 is 2.77 bits per heavy atom. The van der Waals surface area contributed by atoms with E-state index in [0.717, 1.165) is 43.0 Å². The molecular weight excluding hydrogens is 340 g/mol. The van der Waals surface area contributed by atoms with Gasteiger partial charge in [0.2, 0.25) is 0 Å². The van der Waals surface area contributed by atoms with E-state index in [1.807, 2.05) is 6.07 Å². The van der Waals surface area contributed by atoms with E-state index in [0.29, 0.717) is 6.04 Å². The Kier molecular flexibility index (Phi) is 5.05. The zero-order valence-corrected chi connectivity index (χ0v) is 14.4. The van der Waals surface area contributed by atoms with Crippen LogP contribution in [-0.4, -0.2) is 40.5 Å². The second-order valence-electron chi connectivity index (χ2n) is 5.82. The molecule has 1 atom stereocenters. The molecule has 5 heteroatoms. The number of hydrogen-bond donors (Lipinski definition) is 0. The lowest BCUT2D eigenvalue weighted by Crippen LogP contribution is -2.39. The summed E-state index contributed by atoms with van der Waals surface area (Å²) in [4.78, 5) is 13.5. The molecule has 0 bridgehead atoms. The standard InChI is InChI=1S/C17H21BrN4/c1-14-11-21(12-15-6-3-2-4-7-15)8-5-9-22(14)17-10-16(18)19-13-20-17/h2-4,6-7,10,13-14H,5,8-9,11-12H2,1H3. The van der Waals surface area contributed by atoms with Crippen LogP contribution in [0.5, 0.6) is 0 Å². The van der Waals surface area contributed by atoms with Crippen LogP contribution in [0.1, 0.15) is 18.9 Å². The third kappa shape index (κ3) is 3.84. The lowest BCUT2D eigenvalue weighted by molar-refractivity contribution is 0.268. The van der Waals surface area contributed by atoms with E-state index in [2.05, 4.69) is 73.0 Å². The molecule has 1 saturated heterocycles. The monoisotopic (exact) mass is 360 g/mol. The summed E-state index contributed by atoms with van der Waals surface area (Å²) in [6.07, 6.45) is 2.78. The predicted molar refractivity (Wildman–Crippen MR) is 92.9 cm³/mol. The Morgan fingerprint density at radius 1 is 1.18 bits per heavy atom. The number of aromatic nitrogens is 2. The normalized spacial score (nSPS) is 19.9. The third-order valence-electron chi connectivity index (χ3n) is 4.09. The Morgan fingerprint density at radius 2 is 2.00 bits per heavy atom. The van der Waals surface area contributed by atoms with E-state index in [-0.39, 0.29) is 0 Å². The molecule has 1 aromatic carbocycles. The van der Waals surface area contributed by atoms with E-state index in [4.69, 9.17) is 0 Å². The number of halogens is 1. The van der Waals surface area contributed by atoms with Gasteiger partial charge in [0, 0.05) is 38.3 Å². The average molecular weight is 361 g/mol. The van der Waals surface area contributed by atoms with Gasteiger partial charge in [0.25, 0.3) is 0 Å². The number of hydrogen-bond acceptors (Lipinski definition) is 4. The fraction of sp³-hybridized carbons (Fsp3) is 0.412. The number of benzene rings is 1. The minimum Gasteiger partial charge on any atom is -0.352 e. The second-order valence-corrected chi connectivity index (χ2v) is 6.63. The fourth-order valence-corrected chi connectivity index (χ4v) is 3.35. The van der Waals surface area contributed by atoms with Crippen molar-refractivity contribution in [2.75, 3.05) is 24.5 Å². The number of nitrogens with zero attached hydrogens (tertiary/aromatic N) is 4. The van der Waals surface area contributed by atoms with Crippen molar-refractivity contribution in [3.05, 3.63) is 52.9 Å². The quantitative estimate of drug-likeness (QED) is 0.785. The molecule has 1 aromatic heterocycles. The molecule has 1 aliphatic rings. The molecule has 3 rings (SSSR count). The maximum absolute atomic E-state index is 4.43. The molecule has 0 saturated carbocycles. The molecule has 116 valence electrons. The number of anilines is 1. The molecule has 1 unspecified atom stereocenters. The van der Waals surface area contributed by atoms with Gasteiger partial charge in [-0.3, -0.25) is 4.90 Å². The fourth-order valence-electron chi connectivity index (χ4n) is 3.06. The summed E-state index contributed by atoms with van der Waals surface area (Å²) in [6, 6.07) is 13.1. The van der Waals surface area contributed by atoms with Crippen LogP contribution in [0.3, 0.4) is 0 Å². The smallest absolute Gasteiger partial charge is 0.133 e. The van der Waals surface area contributed by atoms with Gasteiger partial charge in [-0.2, -0.15) is 0 Å². The summed E-state index contributed by atoms with van der Waals surface area (Å²) in [5.41, 5.74) is 1.38. The molecule has 0 aliphatic carbocycles. The van der Waals surface area contributed by atoms with Crippen molar-refractivity contribution >= 4 is 21.7 Å². The van der Waals surface area contributed by atoms with Crippen molar-refractivity contribution in [2.24, 2.45) is 0 Å². The summed E-state index contributed by atoms with van der Waals surface area (Å²) in [7, 11) is 0. The molecule has 4 nitrogen and oxygen atoms in total. The van der Waals surface area contributed by atoms with Crippen LogP contribution in [0.2, 0.25) is 0 Å². The molecule has 0 N–H and O–H groups in total. The minimum absolute atomic E-state index is 0.438. The summed E-state index contributed by atoms with van der Waals surface area (Å²) in [6.45, 7) is 6.51. The van der Waals surface area contributed by atoms with Crippen LogP contribution in [0.4, 0.5) is 5.82 Å². The first-order chi connectivity index (χ1) is 10.7. The largest absolute Gasteiger partial charge is 0.352 e.